The molecule has 0 atom stereocenters. The highest BCUT2D eigenvalue weighted by Gasteiger charge is 2.19. The lowest BCUT2D eigenvalue weighted by Crippen LogP contribution is -2.30. The highest BCUT2D eigenvalue weighted by Crippen LogP contribution is 2.29. The molecule has 0 saturated heterocycles. The van der Waals surface area contributed by atoms with E-state index < -0.39 is 11.6 Å². The first-order valence-corrected chi connectivity index (χ1v) is 11.4. The van der Waals surface area contributed by atoms with Gasteiger partial charge in [-0.25, -0.2) is 4.79 Å². The second kappa shape index (κ2) is 9.68. The zero-order valence-electron chi connectivity index (χ0n) is 19.1. The molecule has 0 radical (unpaired) electrons. The Bertz CT molecular complexity index is 1500. The van der Waals surface area contributed by atoms with Gasteiger partial charge in [-0.2, -0.15) is 5.21 Å². The highest BCUT2D eigenvalue weighted by atomic mass is 16.2. The maximum atomic E-state index is 13.2. The van der Waals surface area contributed by atoms with Crippen molar-refractivity contribution in [1.82, 2.24) is 35.0 Å². The van der Waals surface area contributed by atoms with Crippen molar-refractivity contribution in [2.45, 2.75) is 26.3 Å². The summed E-state index contributed by atoms with van der Waals surface area (Å²) in [4.78, 5) is 26.1. The topological polar surface area (TPSA) is 111 Å². The average Bonchev–Trinajstić information content (AvgIpc) is 3.54. The van der Waals surface area contributed by atoms with Crippen molar-refractivity contribution in [3.8, 4) is 22.5 Å². The number of H-pyrrole nitrogens is 1. The van der Waals surface area contributed by atoms with E-state index in [0.717, 1.165) is 33.4 Å². The molecule has 0 spiro atoms. The number of carbonyl (C=O) groups excluding carboxylic acids is 1. The van der Waals surface area contributed by atoms with Crippen molar-refractivity contribution in [2.75, 3.05) is 0 Å². The van der Waals surface area contributed by atoms with Gasteiger partial charge in [-0.15, -0.1) is 20.0 Å². The van der Waals surface area contributed by atoms with Gasteiger partial charge in [0, 0.05) is 17.5 Å². The molecule has 9 nitrogen and oxygen atoms in total. The van der Waals surface area contributed by atoms with Gasteiger partial charge < -0.3 is 0 Å². The minimum Gasteiger partial charge on any atom is -0.274 e. The minimum atomic E-state index is -0.436. The second-order valence-corrected chi connectivity index (χ2v) is 8.10. The number of carbonyl (C=O) groups is 1. The molecule has 9 heteroatoms. The zero-order chi connectivity index (χ0) is 24.2. The number of rotatable bonds is 7. The smallest absolute Gasteiger partial charge is 0.274 e. The standard InChI is InChI=1S/C26H23N7O2/c1-2-8-23-29-33(25(34)20-9-4-3-5-10-20)26(35)32(23)17-18-13-15-19(16-14-18)21-11-6-7-12-22(21)24-27-30-31-28-24/h3-7,9-16H,2,8,17H2,1H3,(H,27,28,30,31). The van der Waals surface area contributed by atoms with Crippen LogP contribution in [0.3, 0.4) is 0 Å². The molecule has 3 aromatic carbocycles. The molecular formula is C26H23N7O2. The largest absolute Gasteiger partial charge is 0.353 e. The molecule has 0 aliphatic carbocycles. The first-order chi connectivity index (χ1) is 17.2. The molecule has 35 heavy (non-hydrogen) atoms. The Balaban J connectivity index is 1.45. The van der Waals surface area contributed by atoms with Crippen LogP contribution in [0, 0.1) is 0 Å². The Labute approximate surface area is 201 Å². The fourth-order valence-corrected chi connectivity index (χ4v) is 4.02. The van der Waals surface area contributed by atoms with Gasteiger partial charge in [0.1, 0.15) is 5.82 Å². The highest BCUT2D eigenvalue weighted by molar-refractivity contribution is 5.95. The van der Waals surface area contributed by atoms with Crippen molar-refractivity contribution in [3.05, 3.63) is 106 Å². The van der Waals surface area contributed by atoms with Crippen molar-refractivity contribution in [2.24, 2.45) is 0 Å². The molecule has 1 N–H and O–H groups in total. The van der Waals surface area contributed by atoms with Crippen LogP contribution in [0.15, 0.2) is 83.7 Å². The molecule has 0 amide bonds. The molecule has 5 rings (SSSR count). The Morgan fingerprint density at radius 3 is 2.31 bits per heavy atom. The van der Waals surface area contributed by atoms with Gasteiger partial charge in [-0.1, -0.05) is 73.7 Å². The fourth-order valence-electron chi connectivity index (χ4n) is 4.02. The lowest BCUT2D eigenvalue weighted by Gasteiger charge is -2.09. The van der Waals surface area contributed by atoms with Crippen LogP contribution in [-0.2, 0) is 13.0 Å². The molecule has 0 bridgehead atoms. The average molecular weight is 466 g/mol. The van der Waals surface area contributed by atoms with Gasteiger partial charge >= 0.3 is 5.69 Å². The van der Waals surface area contributed by atoms with E-state index in [9.17, 15) is 9.59 Å². The summed E-state index contributed by atoms with van der Waals surface area (Å²) in [7, 11) is 0. The third-order valence-corrected chi connectivity index (χ3v) is 5.74. The third kappa shape index (κ3) is 4.43. The first-order valence-electron chi connectivity index (χ1n) is 11.4. The molecule has 0 aliphatic rings. The van der Waals surface area contributed by atoms with Crippen molar-refractivity contribution < 1.29 is 4.79 Å². The zero-order valence-corrected chi connectivity index (χ0v) is 19.1. The van der Waals surface area contributed by atoms with Crippen LogP contribution >= 0.6 is 0 Å². The Kier molecular flexibility index (Phi) is 6.13. The van der Waals surface area contributed by atoms with E-state index in [1.54, 1.807) is 28.8 Å². The summed E-state index contributed by atoms with van der Waals surface area (Å²) in [6.07, 6.45) is 1.41. The van der Waals surface area contributed by atoms with Gasteiger partial charge in [0.2, 0.25) is 5.82 Å². The quantitative estimate of drug-likeness (QED) is 0.393. The van der Waals surface area contributed by atoms with E-state index in [4.69, 9.17) is 0 Å². The molecule has 0 unspecified atom stereocenters. The molecule has 5 aromatic rings. The van der Waals surface area contributed by atoms with E-state index in [1.165, 1.54) is 0 Å². The monoisotopic (exact) mass is 465 g/mol. The Morgan fingerprint density at radius 2 is 1.63 bits per heavy atom. The van der Waals surface area contributed by atoms with Gasteiger partial charge in [0.15, 0.2) is 0 Å². The lowest BCUT2D eigenvalue weighted by molar-refractivity contribution is 0.0939. The molecule has 0 aliphatic heterocycles. The molecule has 2 aromatic heterocycles. The van der Waals surface area contributed by atoms with E-state index in [-0.39, 0.29) is 0 Å². The number of aromatic amines is 1. The van der Waals surface area contributed by atoms with Gasteiger partial charge in [0.25, 0.3) is 5.91 Å². The molecule has 2 heterocycles. The lowest BCUT2D eigenvalue weighted by atomic mass is 9.98. The van der Waals surface area contributed by atoms with Crippen LogP contribution in [0.5, 0.6) is 0 Å². The number of aromatic nitrogens is 7. The summed E-state index contributed by atoms with van der Waals surface area (Å²) < 4.78 is 2.54. The van der Waals surface area contributed by atoms with Crippen molar-refractivity contribution in [1.29, 1.82) is 0 Å². The first kappa shape index (κ1) is 22.1. The molecule has 174 valence electrons. The normalized spacial score (nSPS) is 11.0. The van der Waals surface area contributed by atoms with Crippen LogP contribution in [0.4, 0.5) is 0 Å². The van der Waals surface area contributed by atoms with E-state index in [0.29, 0.717) is 30.2 Å². The summed E-state index contributed by atoms with van der Waals surface area (Å²) in [5.74, 6) is 0.685. The van der Waals surface area contributed by atoms with Crippen LogP contribution in [0.1, 0.15) is 35.1 Å². The van der Waals surface area contributed by atoms with Gasteiger partial charge in [-0.05, 0) is 40.5 Å². The number of hydrogen-bond acceptors (Lipinski definition) is 6. The van der Waals surface area contributed by atoms with Gasteiger partial charge in [0.05, 0.1) is 6.54 Å². The Hall–Kier alpha value is -4.66. The number of aryl methyl sites for hydroxylation is 1. The summed E-state index contributed by atoms with van der Waals surface area (Å²) in [5, 5.41) is 18.7. The van der Waals surface area contributed by atoms with E-state index in [1.807, 2.05) is 61.5 Å². The Morgan fingerprint density at radius 1 is 0.914 bits per heavy atom. The molecule has 0 saturated carbocycles. The number of nitrogens with zero attached hydrogens (tertiary/aromatic N) is 6. The van der Waals surface area contributed by atoms with Crippen LogP contribution in [-0.4, -0.2) is 40.9 Å². The van der Waals surface area contributed by atoms with Crippen LogP contribution in [0.25, 0.3) is 22.5 Å². The SMILES string of the molecule is CCCc1nn(C(=O)c2ccccc2)c(=O)n1Cc1ccc(-c2ccccc2-c2nn[nH]n2)cc1. The van der Waals surface area contributed by atoms with Crippen LogP contribution in [0.2, 0.25) is 0 Å². The third-order valence-electron chi connectivity index (χ3n) is 5.74. The summed E-state index contributed by atoms with van der Waals surface area (Å²) in [6.45, 7) is 2.34. The number of benzene rings is 3. The summed E-state index contributed by atoms with van der Waals surface area (Å²) in [6, 6.07) is 24.5. The van der Waals surface area contributed by atoms with Crippen molar-refractivity contribution >= 4 is 5.91 Å². The number of hydrogen-bond donors (Lipinski definition) is 1. The van der Waals surface area contributed by atoms with Crippen LogP contribution < -0.4 is 5.69 Å². The fraction of sp³-hybridized carbons (Fsp3) is 0.154. The van der Waals surface area contributed by atoms with E-state index >= 15 is 0 Å². The summed E-state index contributed by atoms with van der Waals surface area (Å²) >= 11 is 0. The van der Waals surface area contributed by atoms with Crippen molar-refractivity contribution in [3.63, 3.8) is 0 Å². The predicted molar refractivity (Wildman–Crippen MR) is 131 cm³/mol. The maximum Gasteiger partial charge on any atom is 0.353 e. The maximum absolute atomic E-state index is 13.2. The predicted octanol–water partition coefficient (Wildman–Crippen LogP) is 3.58. The minimum absolute atomic E-state index is 0.322. The number of tetrazole rings is 1. The second-order valence-electron chi connectivity index (χ2n) is 8.10. The summed E-state index contributed by atoms with van der Waals surface area (Å²) in [5.41, 5.74) is 3.75. The van der Waals surface area contributed by atoms with E-state index in [2.05, 4.69) is 25.7 Å². The number of nitrogens with one attached hydrogen (secondary N) is 1. The van der Waals surface area contributed by atoms with Gasteiger partial charge in [-0.3, -0.25) is 9.36 Å². The molecular weight excluding hydrogens is 442 g/mol. The molecule has 0 fully saturated rings.